The van der Waals surface area contributed by atoms with Crippen LogP contribution < -0.4 is 16.4 Å². The lowest BCUT2D eigenvalue weighted by Crippen LogP contribution is -2.27. The molecule has 0 saturated carbocycles. The monoisotopic (exact) mass is 252 g/mol. The first-order valence-electron chi connectivity index (χ1n) is 5.08. The first-order valence-corrected chi connectivity index (χ1v) is 5.49. The fourth-order valence-corrected chi connectivity index (χ4v) is 1.42. The zero-order valence-electron chi connectivity index (χ0n) is 9.86. The van der Waals surface area contributed by atoms with E-state index in [1.807, 2.05) is 26.2 Å². The van der Waals surface area contributed by atoms with E-state index in [1.165, 1.54) is 0 Å². The number of nitrogens with two attached hydrogens (primary N) is 1. The van der Waals surface area contributed by atoms with Crippen LogP contribution in [-0.4, -0.2) is 36.6 Å². The van der Waals surface area contributed by atoms with E-state index in [9.17, 15) is 4.79 Å². The van der Waals surface area contributed by atoms with E-state index in [2.05, 4.69) is 10.6 Å². The topological polar surface area (TPSA) is 70.4 Å². The molecule has 0 radical (unpaired) electrons. The third-order valence-electron chi connectivity index (χ3n) is 1.87. The van der Waals surface area contributed by atoms with Gasteiger partial charge in [0.15, 0.2) is 5.11 Å². The van der Waals surface area contributed by atoms with E-state index < -0.39 is 0 Å². The molecule has 1 aromatic rings. The van der Waals surface area contributed by atoms with Crippen LogP contribution in [0.25, 0.3) is 0 Å². The molecule has 0 bridgehead atoms. The Kier molecular flexibility index (Phi) is 4.86. The van der Waals surface area contributed by atoms with Gasteiger partial charge in [-0.25, -0.2) is 0 Å². The summed E-state index contributed by atoms with van der Waals surface area (Å²) in [5, 5.41) is 5.78. The summed E-state index contributed by atoms with van der Waals surface area (Å²) in [6.45, 7) is 0.340. The van der Waals surface area contributed by atoms with Gasteiger partial charge in [-0.1, -0.05) is 6.07 Å². The number of hydrogen-bond donors (Lipinski definition) is 3. The largest absolute Gasteiger partial charge is 0.376 e. The predicted molar refractivity (Wildman–Crippen MR) is 74.0 cm³/mol. The second-order valence-electron chi connectivity index (χ2n) is 3.86. The Hall–Kier alpha value is -1.66. The highest BCUT2D eigenvalue weighted by atomic mass is 32.1. The normalized spacial score (nSPS) is 10.1. The summed E-state index contributed by atoms with van der Waals surface area (Å²) in [5.74, 6) is -0.0672. The Balaban J connectivity index is 2.65. The third kappa shape index (κ3) is 5.28. The van der Waals surface area contributed by atoms with Crippen molar-refractivity contribution in [3.63, 3.8) is 0 Å². The number of carbonyl (C=O) groups is 1. The molecule has 6 heteroatoms. The maximum atomic E-state index is 11.5. The van der Waals surface area contributed by atoms with E-state index >= 15 is 0 Å². The van der Waals surface area contributed by atoms with Gasteiger partial charge in [-0.15, -0.1) is 0 Å². The molecule has 0 spiro atoms. The van der Waals surface area contributed by atoms with Gasteiger partial charge in [0.1, 0.15) is 0 Å². The molecule has 0 saturated heterocycles. The summed E-state index contributed by atoms with van der Waals surface area (Å²) in [5.41, 5.74) is 6.82. The summed E-state index contributed by atoms with van der Waals surface area (Å²) in [4.78, 5) is 13.3. The molecular weight excluding hydrogens is 236 g/mol. The van der Waals surface area contributed by atoms with Crippen LogP contribution >= 0.6 is 12.2 Å². The molecule has 0 unspecified atom stereocenters. The van der Waals surface area contributed by atoms with Crippen molar-refractivity contribution in [3.05, 3.63) is 24.3 Å². The summed E-state index contributed by atoms with van der Waals surface area (Å²) >= 11 is 4.74. The minimum Gasteiger partial charge on any atom is -0.376 e. The van der Waals surface area contributed by atoms with Gasteiger partial charge in [-0.2, -0.15) is 0 Å². The summed E-state index contributed by atoms with van der Waals surface area (Å²) in [6.07, 6.45) is 0. The highest BCUT2D eigenvalue weighted by molar-refractivity contribution is 7.80. The Labute approximate surface area is 106 Å². The van der Waals surface area contributed by atoms with Crippen LogP contribution in [0.3, 0.4) is 0 Å². The van der Waals surface area contributed by atoms with Crippen molar-refractivity contribution in [1.82, 2.24) is 4.90 Å². The van der Waals surface area contributed by atoms with Crippen LogP contribution in [0.2, 0.25) is 0 Å². The van der Waals surface area contributed by atoms with Crippen LogP contribution in [0.1, 0.15) is 0 Å². The molecule has 4 N–H and O–H groups in total. The molecule has 1 aromatic carbocycles. The van der Waals surface area contributed by atoms with E-state index in [0.717, 1.165) is 5.69 Å². The van der Waals surface area contributed by atoms with Crippen molar-refractivity contribution in [2.75, 3.05) is 31.3 Å². The van der Waals surface area contributed by atoms with Gasteiger partial charge in [0.2, 0.25) is 5.91 Å². The Morgan fingerprint density at radius 3 is 2.47 bits per heavy atom. The highest BCUT2D eigenvalue weighted by Gasteiger charge is 2.04. The molecule has 0 aliphatic carbocycles. The average Bonchev–Trinajstić information content (AvgIpc) is 2.14. The molecule has 0 aromatic heterocycles. The predicted octanol–water partition coefficient (Wildman–Crippen LogP) is 0.842. The first-order chi connectivity index (χ1) is 7.97. The molecule has 0 heterocycles. The molecule has 0 aliphatic heterocycles. The number of likely N-dealkylation sites (N-methyl/N-ethyl adjacent to an activating group) is 1. The molecule has 1 rings (SSSR count). The van der Waals surface area contributed by atoms with Gasteiger partial charge >= 0.3 is 0 Å². The fourth-order valence-electron chi connectivity index (χ4n) is 1.30. The SMILES string of the molecule is CN(C)CC(=O)Nc1cccc(NC(N)=S)c1. The van der Waals surface area contributed by atoms with E-state index in [4.69, 9.17) is 18.0 Å². The van der Waals surface area contributed by atoms with Gasteiger partial charge in [0.25, 0.3) is 0 Å². The summed E-state index contributed by atoms with van der Waals surface area (Å²) < 4.78 is 0. The number of nitrogens with zero attached hydrogens (tertiary/aromatic N) is 1. The number of rotatable bonds is 4. The molecule has 0 atom stereocenters. The van der Waals surface area contributed by atoms with Gasteiger partial charge in [0.05, 0.1) is 6.54 Å². The van der Waals surface area contributed by atoms with Crippen molar-refractivity contribution < 1.29 is 4.79 Å². The number of anilines is 2. The van der Waals surface area contributed by atoms with Crippen molar-refractivity contribution in [2.45, 2.75) is 0 Å². The van der Waals surface area contributed by atoms with E-state index in [0.29, 0.717) is 12.2 Å². The van der Waals surface area contributed by atoms with Crippen LogP contribution in [0.5, 0.6) is 0 Å². The smallest absolute Gasteiger partial charge is 0.238 e. The lowest BCUT2D eigenvalue weighted by atomic mass is 10.2. The molecule has 0 fully saturated rings. The molecular formula is C11H16N4OS. The quantitative estimate of drug-likeness (QED) is 0.693. The van der Waals surface area contributed by atoms with Gasteiger partial charge in [-0.05, 0) is 44.5 Å². The molecule has 0 aliphatic rings. The molecule has 1 amide bonds. The number of carbonyl (C=O) groups excluding carboxylic acids is 1. The number of hydrogen-bond acceptors (Lipinski definition) is 3. The van der Waals surface area contributed by atoms with Crippen molar-refractivity contribution in [2.24, 2.45) is 5.73 Å². The van der Waals surface area contributed by atoms with Crippen molar-refractivity contribution in [1.29, 1.82) is 0 Å². The highest BCUT2D eigenvalue weighted by Crippen LogP contribution is 2.14. The van der Waals surface area contributed by atoms with E-state index in [1.54, 1.807) is 17.0 Å². The minimum absolute atomic E-state index is 0.0672. The molecule has 92 valence electrons. The zero-order chi connectivity index (χ0) is 12.8. The second-order valence-corrected chi connectivity index (χ2v) is 4.30. The maximum absolute atomic E-state index is 11.5. The minimum atomic E-state index is -0.0672. The summed E-state index contributed by atoms with van der Waals surface area (Å²) in [6, 6.07) is 7.21. The number of amides is 1. The molecule has 17 heavy (non-hydrogen) atoms. The van der Waals surface area contributed by atoms with Crippen molar-refractivity contribution >= 4 is 34.6 Å². The maximum Gasteiger partial charge on any atom is 0.238 e. The lowest BCUT2D eigenvalue weighted by Gasteiger charge is -2.11. The average molecular weight is 252 g/mol. The van der Waals surface area contributed by atoms with Gasteiger partial charge in [0, 0.05) is 11.4 Å². The van der Waals surface area contributed by atoms with Crippen LogP contribution in [0, 0.1) is 0 Å². The van der Waals surface area contributed by atoms with Crippen LogP contribution in [0.15, 0.2) is 24.3 Å². The number of benzene rings is 1. The van der Waals surface area contributed by atoms with Gasteiger partial charge in [-0.3, -0.25) is 4.79 Å². The third-order valence-corrected chi connectivity index (χ3v) is 1.98. The van der Waals surface area contributed by atoms with Gasteiger partial charge < -0.3 is 21.3 Å². The standard InChI is InChI=1S/C11H16N4OS/c1-15(2)7-10(16)13-8-4-3-5-9(6-8)14-11(12)17/h3-6H,7H2,1-2H3,(H,13,16)(H3,12,14,17). The second kappa shape index (κ2) is 6.17. The van der Waals surface area contributed by atoms with Crippen LogP contribution in [0.4, 0.5) is 11.4 Å². The Morgan fingerprint density at radius 1 is 1.35 bits per heavy atom. The number of thiocarbonyl (C=S) groups is 1. The Bertz CT molecular complexity index is 420. The van der Waals surface area contributed by atoms with E-state index in [-0.39, 0.29) is 11.0 Å². The molecule has 5 nitrogen and oxygen atoms in total. The first kappa shape index (κ1) is 13.4. The van der Waals surface area contributed by atoms with Crippen molar-refractivity contribution in [3.8, 4) is 0 Å². The lowest BCUT2D eigenvalue weighted by molar-refractivity contribution is -0.116. The Morgan fingerprint density at radius 2 is 1.94 bits per heavy atom. The zero-order valence-corrected chi connectivity index (χ0v) is 10.7. The number of nitrogens with one attached hydrogen (secondary N) is 2. The fraction of sp³-hybridized carbons (Fsp3) is 0.273. The summed E-state index contributed by atoms with van der Waals surface area (Å²) in [7, 11) is 3.68. The van der Waals surface area contributed by atoms with Crippen LogP contribution in [-0.2, 0) is 4.79 Å².